The van der Waals surface area contributed by atoms with Crippen molar-refractivity contribution in [1.29, 1.82) is 0 Å². The second-order valence-corrected chi connectivity index (χ2v) is 7.13. The van der Waals surface area contributed by atoms with Crippen LogP contribution in [0.4, 0.5) is 0 Å². The summed E-state index contributed by atoms with van der Waals surface area (Å²) in [5.41, 5.74) is 0. The van der Waals surface area contributed by atoms with Crippen molar-refractivity contribution in [3.63, 3.8) is 0 Å². The van der Waals surface area contributed by atoms with E-state index in [0.29, 0.717) is 6.10 Å². The highest BCUT2D eigenvalue weighted by molar-refractivity contribution is 14.1. The van der Waals surface area contributed by atoms with E-state index in [1.807, 2.05) is 0 Å². The number of hydrogen-bond acceptors (Lipinski definition) is 1. The minimum absolute atomic E-state index is 0.560. The van der Waals surface area contributed by atoms with Crippen LogP contribution in [0.3, 0.4) is 0 Å². The molecule has 0 amide bonds. The van der Waals surface area contributed by atoms with E-state index in [-0.39, 0.29) is 0 Å². The molecule has 0 heterocycles. The largest absolute Gasteiger partial charge is 0.377 e. The number of ether oxygens (including phenoxy) is 1. The van der Waals surface area contributed by atoms with Gasteiger partial charge in [-0.05, 0) is 31.6 Å². The van der Waals surface area contributed by atoms with Gasteiger partial charge in [-0.1, -0.05) is 61.1 Å². The van der Waals surface area contributed by atoms with Crippen molar-refractivity contribution in [2.45, 2.75) is 74.2 Å². The predicted molar refractivity (Wildman–Crippen MR) is 77.2 cm³/mol. The first-order valence-electron chi connectivity index (χ1n) is 7.12. The molecule has 0 N–H and O–H groups in total. The summed E-state index contributed by atoms with van der Waals surface area (Å²) in [6, 6.07) is 0. The Morgan fingerprint density at radius 3 is 2.19 bits per heavy atom. The lowest BCUT2D eigenvalue weighted by Gasteiger charge is -2.26. The lowest BCUT2D eigenvalue weighted by atomic mass is 9.90. The first kappa shape index (κ1) is 13.1. The first-order valence-corrected chi connectivity index (χ1v) is 8.36. The average Bonchev–Trinajstić information content (AvgIpc) is 2.53. The van der Waals surface area contributed by atoms with Gasteiger partial charge < -0.3 is 4.74 Å². The third-order valence-electron chi connectivity index (χ3n) is 4.14. The number of halogens is 1. The summed E-state index contributed by atoms with van der Waals surface area (Å²) >= 11 is 2.61. The second kappa shape index (κ2) is 7.20. The Morgan fingerprint density at radius 2 is 1.44 bits per heavy atom. The molecular formula is C14H25IO. The number of rotatable bonds is 3. The molecule has 0 aromatic rings. The molecular weight excluding hydrogens is 311 g/mol. The summed E-state index contributed by atoms with van der Waals surface area (Å²) < 4.78 is 6.97. The molecule has 0 bridgehead atoms. The maximum Gasteiger partial charge on any atom is 0.0692 e. The fourth-order valence-corrected chi connectivity index (χ4v) is 4.04. The zero-order chi connectivity index (χ0) is 11.2. The van der Waals surface area contributed by atoms with Gasteiger partial charge in [-0.3, -0.25) is 0 Å². The van der Waals surface area contributed by atoms with Crippen LogP contribution >= 0.6 is 22.6 Å². The Kier molecular flexibility index (Phi) is 5.91. The van der Waals surface area contributed by atoms with E-state index >= 15 is 0 Å². The van der Waals surface area contributed by atoms with Crippen LogP contribution in [0.25, 0.3) is 0 Å². The van der Waals surface area contributed by atoms with Crippen molar-refractivity contribution in [2.24, 2.45) is 5.92 Å². The summed E-state index contributed by atoms with van der Waals surface area (Å²) in [5, 5.41) is 0. The van der Waals surface area contributed by atoms with Gasteiger partial charge in [0.15, 0.2) is 0 Å². The monoisotopic (exact) mass is 336 g/mol. The molecule has 0 saturated heterocycles. The smallest absolute Gasteiger partial charge is 0.0692 e. The molecule has 2 rings (SSSR count). The molecule has 16 heavy (non-hydrogen) atoms. The van der Waals surface area contributed by atoms with E-state index in [0.717, 1.165) is 16.4 Å². The zero-order valence-corrected chi connectivity index (χ0v) is 12.5. The topological polar surface area (TPSA) is 9.23 Å². The van der Waals surface area contributed by atoms with E-state index in [1.54, 1.807) is 0 Å². The third-order valence-corrected chi connectivity index (χ3v) is 5.57. The Balaban J connectivity index is 1.70. The van der Waals surface area contributed by atoms with E-state index in [2.05, 4.69) is 22.6 Å². The maximum absolute atomic E-state index is 6.21. The summed E-state index contributed by atoms with van der Waals surface area (Å²) in [5.74, 6) is 0.876. The van der Waals surface area contributed by atoms with Crippen molar-refractivity contribution < 1.29 is 4.74 Å². The van der Waals surface area contributed by atoms with Gasteiger partial charge in [0.1, 0.15) is 0 Å². The summed E-state index contributed by atoms with van der Waals surface area (Å²) in [6.45, 7) is 1.05. The van der Waals surface area contributed by atoms with Crippen molar-refractivity contribution in [3.05, 3.63) is 0 Å². The third kappa shape index (κ3) is 4.17. The van der Waals surface area contributed by atoms with Gasteiger partial charge in [-0.25, -0.2) is 0 Å². The van der Waals surface area contributed by atoms with Gasteiger partial charge in [0.25, 0.3) is 0 Å². The van der Waals surface area contributed by atoms with Crippen molar-refractivity contribution in [2.75, 3.05) is 6.61 Å². The van der Waals surface area contributed by atoms with Crippen LogP contribution in [0.2, 0.25) is 0 Å². The molecule has 1 nitrogen and oxygen atoms in total. The van der Waals surface area contributed by atoms with Crippen LogP contribution in [0.1, 0.15) is 64.2 Å². The normalized spacial score (nSPS) is 33.6. The highest BCUT2D eigenvalue weighted by Gasteiger charge is 2.23. The Hall–Kier alpha value is 0.690. The van der Waals surface area contributed by atoms with Gasteiger partial charge in [0.2, 0.25) is 0 Å². The summed E-state index contributed by atoms with van der Waals surface area (Å²) in [6.07, 6.45) is 14.6. The van der Waals surface area contributed by atoms with Gasteiger partial charge in [0, 0.05) is 10.5 Å². The lowest BCUT2D eigenvalue weighted by Crippen LogP contribution is -2.26. The summed E-state index contributed by atoms with van der Waals surface area (Å²) in [4.78, 5) is 0. The minimum atomic E-state index is 0.560. The molecule has 2 heteroatoms. The lowest BCUT2D eigenvalue weighted by molar-refractivity contribution is 0.0186. The Labute approximate surface area is 114 Å². The Morgan fingerprint density at radius 1 is 0.812 bits per heavy atom. The first-order chi connectivity index (χ1) is 7.86. The fourth-order valence-electron chi connectivity index (χ4n) is 3.03. The van der Waals surface area contributed by atoms with Crippen molar-refractivity contribution in [3.8, 4) is 0 Å². The molecule has 0 radical (unpaired) electrons. The van der Waals surface area contributed by atoms with Crippen molar-refractivity contribution in [1.82, 2.24) is 0 Å². The molecule has 2 aliphatic carbocycles. The molecule has 2 aliphatic rings. The van der Waals surface area contributed by atoms with Crippen LogP contribution < -0.4 is 0 Å². The molecule has 94 valence electrons. The Bertz CT molecular complexity index is 189. The molecule has 2 saturated carbocycles. The maximum atomic E-state index is 6.21. The van der Waals surface area contributed by atoms with Crippen LogP contribution in [0.5, 0.6) is 0 Å². The van der Waals surface area contributed by atoms with Crippen LogP contribution in [0, 0.1) is 5.92 Å². The van der Waals surface area contributed by atoms with Crippen LogP contribution in [-0.4, -0.2) is 16.6 Å². The molecule has 2 unspecified atom stereocenters. The van der Waals surface area contributed by atoms with Crippen LogP contribution in [0.15, 0.2) is 0 Å². The second-order valence-electron chi connectivity index (χ2n) is 5.53. The highest BCUT2D eigenvalue weighted by atomic mass is 127. The van der Waals surface area contributed by atoms with Crippen LogP contribution in [-0.2, 0) is 4.74 Å². The number of hydrogen-bond donors (Lipinski definition) is 0. The molecule has 0 aromatic carbocycles. The van der Waals surface area contributed by atoms with Gasteiger partial charge >= 0.3 is 0 Å². The van der Waals surface area contributed by atoms with Gasteiger partial charge in [-0.15, -0.1) is 0 Å². The minimum Gasteiger partial charge on any atom is -0.377 e. The SMILES string of the molecule is IC1CCCCCC1OCC1CCCCC1. The van der Waals surface area contributed by atoms with E-state index < -0.39 is 0 Å². The van der Waals surface area contributed by atoms with Gasteiger partial charge in [-0.2, -0.15) is 0 Å². The number of alkyl halides is 1. The van der Waals surface area contributed by atoms with Crippen molar-refractivity contribution >= 4 is 22.6 Å². The standard InChI is InChI=1S/C14H25IO/c15-13-9-5-2-6-10-14(13)16-11-12-7-3-1-4-8-12/h12-14H,1-11H2. The quantitative estimate of drug-likeness (QED) is 0.412. The zero-order valence-electron chi connectivity index (χ0n) is 10.3. The average molecular weight is 336 g/mol. The predicted octanol–water partition coefficient (Wildman–Crippen LogP) is 4.72. The highest BCUT2D eigenvalue weighted by Crippen LogP contribution is 2.29. The van der Waals surface area contributed by atoms with E-state index in [1.165, 1.54) is 64.2 Å². The molecule has 0 aromatic heterocycles. The molecule has 2 fully saturated rings. The summed E-state index contributed by atoms with van der Waals surface area (Å²) in [7, 11) is 0. The fraction of sp³-hybridized carbons (Fsp3) is 1.00. The van der Waals surface area contributed by atoms with Gasteiger partial charge in [0.05, 0.1) is 6.10 Å². The molecule has 2 atom stereocenters. The van der Waals surface area contributed by atoms with E-state index in [4.69, 9.17) is 4.74 Å². The van der Waals surface area contributed by atoms with E-state index in [9.17, 15) is 0 Å². The molecule has 0 spiro atoms. The molecule has 0 aliphatic heterocycles.